The van der Waals surface area contributed by atoms with Crippen LogP contribution in [0.4, 0.5) is 5.69 Å². The van der Waals surface area contributed by atoms with Gasteiger partial charge in [0.15, 0.2) is 0 Å². The number of para-hydroxylation sites is 1. The number of carbonyl (C=O) groups is 2. The van der Waals surface area contributed by atoms with E-state index in [1.54, 1.807) is 6.07 Å². The van der Waals surface area contributed by atoms with Crippen LogP contribution in [0.15, 0.2) is 65.6 Å². The molecular formula is C21H22N4O4S. The molecule has 1 heterocycles. The quantitative estimate of drug-likeness (QED) is 0.508. The number of hydrogen-bond acceptors (Lipinski definition) is 5. The molecule has 0 aliphatic carbocycles. The molecule has 0 aliphatic heterocycles. The number of carbonyl (C=O) groups excluding carboxylic acids is 2. The highest BCUT2D eigenvalue weighted by molar-refractivity contribution is 7.89. The van der Waals surface area contributed by atoms with Crippen LogP contribution in [0.3, 0.4) is 0 Å². The molecule has 3 aromatic rings. The molecule has 3 N–H and O–H groups in total. The molecule has 30 heavy (non-hydrogen) atoms. The maximum atomic E-state index is 12.1. The van der Waals surface area contributed by atoms with Crippen molar-refractivity contribution < 1.29 is 18.0 Å². The zero-order chi connectivity index (χ0) is 21.6. The number of aromatic nitrogens is 1. The smallest absolute Gasteiger partial charge is 0.243 e. The Bertz CT molecular complexity index is 1180. The van der Waals surface area contributed by atoms with Crippen LogP contribution >= 0.6 is 0 Å². The van der Waals surface area contributed by atoms with Gasteiger partial charge in [-0.05, 0) is 43.8 Å². The Morgan fingerprint density at radius 3 is 2.57 bits per heavy atom. The molecule has 3 rings (SSSR count). The predicted molar refractivity (Wildman–Crippen MR) is 114 cm³/mol. The minimum absolute atomic E-state index is 0.0368. The molecule has 0 atom stereocenters. The maximum Gasteiger partial charge on any atom is 0.243 e. The average Bonchev–Trinajstić information content (AvgIpc) is 2.76. The fraction of sp³-hybridized carbons (Fsp3) is 0.190. The van der Waals surface area contributed by atoms with Crippen molar-refractivity contribution in [1.29, 1.82) is 0 Å². The van der Waals surface area contributed by atoms with E-state index < -0.39 is 15.9 Å². The first-order valence-electron chi connectivity index (χ1n) is 9.32. The van der Waals surface area contributed by atoms with Gasteiger partial charge in [-0.3, -0.25) is 14.6 Å². The molecule has 9 heteroatoms. The van der Waals surface area contributed by atoms with Gasteiger partial charge in [0.25, 0.3) is 0 Å². The van der Waals surface area contributed by atoms with Gasteiger partial charge in [-0.25, -0.2) is 13.1 Å². The van der Waals surface area contributed by atoms with Crippen molar-refractivity contribution in [3.05, 3.63) is 66.4 Å². The fourth-order valence-electron chi connectivity index (χ4n) is 2.82. The van der Waals surface area contributed by atoms with E-state index in [1.165, 1.54) is 25.2 Å². The Labute approximate surface area is 174 Å². The van der Waals surface area contributed by atoms with Crippen LogP contribution in [-0.4, -0.2) is 38.8 Å². The van der Waals surface area contributed by atoms with Gasteiger partial charge in [-0.2, -0.15) is 0 Å². The monoisotopic (exact) mass is 426 g/mol. The van der Waals surface area contributed by atoms with Crippen molar-refractivity contribution in [3.8, 4) is 0 Å². The topological polar surface area (TPSA) is 117 Å². The number of nitrogens with one attached hydrogen (secondary N) is 3. The summed E-state index contributed by atoms with van der Waals surface area (Å²) in [5.41, 5.74) is 2.00. The number of nitrogens with zero attached hydrogens (tertiary/aromatic N) is 1. The number of fused-ring (bicyclic) bond motifs is 1. The van der Waals surface area contributed by atoms with Gasteiger partial charge in [0.1, 0.15) is 0 Å². The van der Waals surface area contributed by atoms with Gasteiger partial charge in [-0.15, -0.1) is 0 Å². The molecule has 0 unspecified atom stereocenters. The van der Waals surface area contributed by atoms with Crippen LogP contribution < -0.4 is 15.4 Å². The highest BCUT2D eigenvalue weighted by atomic mass is 32.2. The van der Waals surface area contributed by atoms with Crippen molar-refractivity contribution in [2.75, 3.05) is 18.9 Å². The largest absolute Gasteiger partial charge is 0.347 e. The van der Waals surface area contributed by atoms with Crippen LogP contribution in [0.5, 0.6) is 0 Å². The van der Waals surface area contributed by atoms with Gasteiger partial charge in [-0.1, -0.05) is 30.3 Å². The van der Waals surface area contributed by atoms with Crippen LogP contribution in [0.1, 0.15) is 12.1 Å². The molecule has 2 amide bonds. The zero-order valence-electron chi connectivity index (χ0n) is 16.4. The minimum Gasteiger partial charge on any atom is -0.347 e. The zero-order valence-corrected chi connectivity index (χ0v) is 17.2. The first-order valence-corrected chi connectivity index (χ1v) is 10.8. The van der Waals surface area contributed by atoms with Crippen molar-refractivity contribution in [2.45, 2.75) is 17.7 Å². The lowest BCUT2D eigenvalue weighted by Crippen LogP contribution is -2.33. The lowest BCUT2D eigenvalue weighted by molar-refractivity contribution is -0.124. The summed E-state index contributed by atoms with van der Waals surface area (Å²) in [4.78, 5) is 28.7. The third kappa shape index (κ3) is 5.62. The molecule has 0 fully saturated rings. The number of sulfonamides is 1. The molecule has 156 valence electrons. The number of benzene rings is 2. The van der Waals surface area contributed by atoms with Crippen LogP contribution in [0.25, 0.3) is 10.9 Å². The average molecular weight is 426 g/mol. The van der Waals surface area contributed by atoms with Gasteiger partial charge in [0, 0.05) is 23.2 Å². The van der Waals surface area contributed by atoms with Crippen LogP contribution in [-0.2, 0) is 26.0 Å². The Hall–Kier alpha value is -3.30. The molecule has 1 aromatic heterocycles. The number of anilines is 1. The molecular weight excluding hydrogens is 404 g/mol. The maximum absolute atomic E-state index is 12.1. The lowest BCUT2D eigenvalue weighted by Gasteiger charge is -2.09. The van der Waals surface area contributed by atoms with Gasteiger partial charge >= 0.3 is 0 Å². The second kappa shape index (κ2) is 9.47. The minimum atomic E-state index is -3.61. The van der Waals surface area contributed by atoms with Crippen molar-refractivity contribution in [1.82, 2.24) is 15.0 Å². The summed E-state index contributed by atoms with van der Waals surface area (Å²) in [6.07, 6.45) is 0.663. The fourth-order valence-corrected chi connectivity index (χ4v) is 3.60. The first kappa shape index (κ1) is 21.4. The highest BCUT2D eigenvalue weighted by Crippen LogP contribution is 2.15. The van der Waals surface area contributed by atoms with Crippen molar-refractivity contribution in [3.63, 3.8) is 0 Å². The first-order chi connectivity index (χ1) is 14.4. The van der Waals surface area contributed by atoms with E-state index >= 15 is 0 Å². The third-order valence-corrected chi connectivity index (χ3v) is 5.82. The molecule has 0 spiro atoms. The Morgan fingerprint density at radius 1 is 0.967 bits per heavy atom. The standard InChI is InChI=1S/C21H22N4O4S/c1-22-30(28,29)18-7-4-6-17(13-18)25-21(27)14-23-20(26)12-11-16-10-9-15-5-2-3-8-19(15)24-16/h2-10,13,22H,11-12,14H2,1H3,(H,23,26)(H,25,27). The van der Waals surface area contributed by atoms with E-state index in [9.17, 15) is 18.0 Å². The summed E-state index contributed by atoms with van der Waals surface area (Å²) in [6, 6.07) is 17.4. The third-order valence-electron chi connectivity index (χ3n) is 4.41. The predicted octanol–water partition coefficient (Wildman–Crippen LogP) is 1.83. The van der Waals surface area contributed by atoms with Gasteiger partial charge in [0.05, 0.1) is 17.0 Å². The van der Waals surface area contributed by atoms with E-state index in [2.05, 4.69) is 20.3 Å². The second-order valence-corrected chi connectivity index (χ2v) is 8.44. The van der Waals surface area contributed by atoms with Gasteiger partial charge in [0.2, 0.25) is 21.8 Å². The second-order valence-electron chi connectivity index (χ2n) is 6.56. The number of pyridine rings is 1. The van der Waals surface area contributed by atoms with Crippen molar-refractivity contribution >= 4 is 38.4 Å². The molecule has 2 aromatic carbocycles. The number of aryl methyl sites for hydroxylation is 1. The SMILES string of the molecule is CNS(=O)(=O)c1cccc(NC(=O)CNC(=O)CCc2ccc3ccccc3n2)c1. The summed E-state index contributed by atoms with van der Waals surface area (Å²) in [5, 5.41) is 6.16. The molecule has 0 aliphatic rings. The van der Waals surface area contributed by atoms with Crippen LogP contribution in [0.2, 0.25) is 0 Å². The van der Waals surface area contributed by atoms with Crippen LogP contribution in [0, 0.1) is 0 Å². The Morgan fingerprint density at radius 2 is 1.77 bits per heavy atom. The molecule has 0 radical (unpaired) electrons. The van der Waals surface area contributed by atoms with E-state index in [1.807, 2.05) is 36.4 Å². The van der Waals surface area contributed by atoms with E-state index in [-0.39, 0.29) is 23.8 Å². The van der Waals surface area contributed by atoms with Gasteiger partial charge < -0.3 is 10.6 Å². The number of hydrogen-bond donors (Lipinski definition) is 3. The summed E-state index contributed by atoms with van der Waals surface area (Å²) in [5.74, 6) is -0.724. The molecule has 0 saturated carbocycles. The molecule has 0 bridgehead atoms. The van der Waals surface area contributed by atoms with Crippen molar-refractivity contribution in [2.24, 2.45) is 0 Å². The number of amides is 2. The van der Waals surface area contributed by atoms with E-state index in [4.69, 9.17) is 0 Å². The Balaban J connectivity index is 1.48. The Kier molecular flexibility index (Phi) is 6.76. The molecule has 0 saturated heterocycles. The summed E-state index contributed by atoms with van der Waals surface area (Å²) >= 11 is 0. The number of rotatable bonds is 8. The molecule has 8 nitrogen and oxygen atoms in total. The normalized spacial score (nSPS) is 11.2. The summed E-state index contributed by atoms with van der Waals surface area (Å²) in [7, 11) is -2.30. The summed E-state index contributed by atoms with van der Waals surface area (Å²) in [6.45, 7) is -0.215. The summed E-state index contributed by atoms with van der Waals surface area (Å²) < 4.78 is 25.9. The highest BCUT2D eigenvalue weighted by Gasteiger charge is 2.13. The van der Waals surface area contributed by atoms with E-state index in [0.29, 0.717) is 12.1 Å². The van der Waals surface area contributed by atoms with E-state index in [0.717, 1.165) is 16.6 Å². The lowest BCUT2D eigenvalue weighted by atomic mass is 10.1.